The number of carbonyl (C=O) groups excluding carboxylic acids is 1. The average molecular weight is 361 g/mol. The highest BCUT2D eigenvalue weighted by atomic mass is 35.5. The van der Waals surface area contributed by atoms with Crippen LogP contribution in [-0.2, 0) is 11.3 Å². The van der Waals surface area contributed by atoms with E-state index in [0.29, 0.717) is 11.6 Å². The Balaban J connectivity index is 1.84. The molecule has 5 nitrogen and oxygen atoms in total. The molecule has 2 aromatic rings. The lowest BCUT2D eigenvalue weighted by Gasteiger charge is -2.18. The van der Waals surface area contributed by atoms with Crippen LogP contribution in [0.2, 0.25) is 5.02 Å². The van der Waals surface area contributed by atoms with E-state index in [9.17, 15) is 4.79 Å². The Bertz CT molecular complexity index is 737. The van der Waals surface area contributed by atoms with E-state index < -0.39 is 11.7 Å². The molecule has 2 aromatic carbocycles. The first-order chi connectivity index (χ1) is 11.8. The number of carbonyl (C=O) groups is 1. The summed E-state index contributed by atoms with van der Waals surface area (Å²) in [5.74, 6) is 0.720. The van der Waals surface area contributed by atoms with Crippen LogP contribution in [0.5, 0.6) is 5.75 Å². The monoisotopic (exact) mass is 360 g/mol. The van der Waals surface area contributed by atoms with Crippen LogP contribution in [0.3, 0.4) is 0 Å². The summed E-state index contributed by atoms with van der Waals surface area (Å²) in [6.07, 6.45) is 0.935. The standard InChI is InChI=1S/C19H21ClN2O3/c1-19(2,3)25-18(23)22-21-12-14-8-10-16(11-9-14)24-13-15-6-4-5-7-17(15)20/h4-12H,13H2,1-3H3,(H,22,23). The summed E-state index contributed by atoms with van der Waals surface area (Å²) in [5, 5.41) is 4.53. The van der Waals surface area contributed by atoms with E-state index in [1.54, 1.807) is 20.8 Å². The van der Waals surface area contributed by atoms with Gasteiger partial charge in [-0.3, -0.25) is 0 Å². The average Bonchev–Trinajstić information content (AvgIpc) is 2.54. The third kappa shape index (κ3) is 6.85. The third-order valence-corrected chi connectivity index (χ3v) is 3.37. The fourth-order valence-electron chi connectivity index (χ4n) is 1.89. The highest BCUT2D eigenvalue weighted by Gasteiger charge is 2.15. The summed E-state index contributed by atoms with van der Waals surface area (Å²) in [7, 11) is 0. The topological polar surface area (TPSA) is 59.9 Å². The van der Waals surface area contributed by atoms with Gasteiger partial charge >= 0.3 is 6.09 Å². The van der Waals surface area contributed by atoms with Gasteiger partial charge in [-0.25, -0.2) is 10.2 Å². The molecule has 0 atom stereocenters. The van der Waals surface area contributed by atoms with Gasteiger partial charge in [-0.2, -0.15) is 5.10 Å². The van der Waals surface area contributed by atoms with E-state index in [2.05, 4.69) is 10.5 Å². The molecule has 25 heavy (non-hydrogen) atoms. The fourth-order valence-corrected chi connectivity index (χ4v) is 2.08. The number of nitrogens with one attached hydrogen (secondary N) is 1. The van der Waals surface area contributed by atoms with Gasteiger partial charge in [-0.1, -0.05) is 29.8 Å². The summed E-state index contributed by atoms with van der Waals surface area (Å²) in [6, 6.07) is 14.9. The predicted octanol–water partition coefficient (Wildman–Crippen LogP) is 4.78. The van der Waals surface area contributed by atoms with Gasteiger partial charge < -0.3 is 9.47 Å². The lowest BCUT2D eigenvalue weighted by atomic mass is 10.2. The summed E-state index contributed by atoms with van der Waals surface area (Å²) >= 11 is 6.10. The Labute approximate surface area is 152 Å². The summed E-state index contributed by atoms with van der Waals surface area (Å²) in [5.41, 5.74) is 3.51. The Morgan fingerprint density at radius 3 is 2.48 bits per heavy atom. The maximum absolute atomic E-state index is 11.5. The van der Waals surface area contributed by atoms with E-state index in [0.717, 1.165) is 16.9 Å². The fraction of sp³-hybridized carbons (Fsp3) is 0.263. The highest BCUT2D eigenvalue weighted by molar-refractivity contribution is 6.31. The van der Waals surface area contributed by atoms with Crippen molar-refractivity contribution in [1.29, 1.82) is 0 Å². The zero-order chi connectivity index (χ0) is 18.3. The first-order valence-electron chi connectivity index (χ1n) is 7.82. The van der Waals surface area contributed by atoms with Crippen molar-refractivity contribution in [2.75, 3.05) is 0 Å². The second-order valence-electron chi connectivity index (χ2n) is 6.32. The van der Waals surface area contributed by atoms with Crippen LogP contribution >= 0.6 is 11.6 Å². The molecule has 0 radical (unpaired) electrons. The summed E-state index contributed by atoms with van der Waals surface area (Å²) in [6.45, 7) is 5.76. The molecule has 0 aliphatic heterocycles. The van der Waals surface area contributed by atoms with Crippen molar-refractivity contribution >= 4 is 23.9 Å². The predicted molar refractivity (Wildman–Crippen MR) is 99.2 cm³/mol. The van der Waals surface area contributed by atoms with Gasteiger partial charge in [-0.15, -0.1) is 0 Å². The van der Waals surface area contributed by atoms with Gasteiger partial charge in [0, 0.05) is 10.6 Å². The second kappa shape index (κ2) is 8.53. The van der Waals surface area contributed by atoms with E-state index in [4.69, 9.17) is 21.1 Å². The lowest BCUT2D eigenvalue weighted by Crippen LogP contribution is -2.29. The van der Waals surface area contributed by atoms with Crippen LogP contribution in [0.1, 0.15) is 31.9 Å². The third-order valence-electron chi connectivity index (χ3n) is 3.00. The maximum Gasteiger partial charge on any atom is 0.428 e. The molecule has 0 saturated heterocycles. The number of rotatable bonds is 5. The van der Waals surface area contributed by atoms with Crippen molar-refractivity contribution in [1.82, 2.24) is 5.43 Å². The number of hydrogen-bond acceptors (Lipinski definition) is 4. The number of hydrogen-bond donors (Lipinski definition) is 1. The molecule has 1 amide bonds. The molecule has 0 heterocycles. The number of ether oxygens (including phenoxy) is 2. The minimum absolute atomic E-state index is 0.396. The van der Waals surface area contributed by atoms with Gasteiger partial charge in [0.25, 0.3) is 0 Å². The molecule has 0 fully saturated rings. The van der Waals surface area contributed by atoms with Gasteiger partial charge in [0.1, 0.15) is 18.0 Å². The van der Waals surface area contributed by atoms with Crippen molar-refractivity contribution in [3.63, 3.8) is 0 Å². The molecule has 1 N–H and O–H groups in total. The number of hydrazone groups is 1. The van der Waals surface area contributed by atoms with Gasteiger partial charge in [0.15, 0.2) is 0 Å². The number of benzene rings is 2. The Morgan fingerprint density at radius 2 is 1.84 bits per heavy atom. The lowest BCUT2D eigenvalue weighted by molar-refractivity contribution is 0.0529. The first-order valence-corrected chi connectivity index (χ1v) is 8.19. The van der Waals surface area contributed by atoms with Crippen LogP contribution < -0.4 is 10.2 Å². The molecule has 0 saturated carbocycles. The zero-order valence-corrected chi connectivity index (χ0v) is 15.2. The SMILES string of the molecule is CC(C)(C)OC(=O)NN=Cc1ccc(OCc2ccccc2Cl)cc1. The quantitative estimate of drug-likeness (QED) is 0.616. The minimum Gasteiger partial charge on any atom is -0.489 e. The van der Waals surface area contributed by atoms with Gasteiger partial charge in [0.2, 0.25) is 0 Å². The Morgan fingerprint density at radius 1 is 1.16 bits per heavy atom. The van der Waals surface area contributed by atoms with Crippen molar-refractivity contribution in [3.05, 3.63) is 64.7 Å². The van der Waals surface area contributed by atoms with Crippen LogP contribution in [0, 0.1) is 0 Å². The molecule has 0 aliphatic rings. The van der Waals surface area contributed by atoms with Crippen LogP contribution in [-0.4, -0.2) is 17.9 Å². The highest BCUT2D eigenvalue weighted by Crippen LogP contribution is 2.18. The normalized spacial score (nSPS) is 11.4. The molecule has 0 aromatic heterocycles. The molecule has 132 valence electrons. The molecule has 0 spiro atoms. The van der Waals surface area contributed by atoms with Crippen LogP contribution in [0.4, 0.5) is 4.79 Å². The Hall–Kier alpha value is -2.53. The van der Waals surface area contributed by atoms with E-state index in [1.165, 1.54) is 6.21 Å². The van der Waals surface area contributed by atoms with E-state index in [1.807, 2.05) is 48.5 Å². The van der Waals surface area contributed by atoms with Gasteiger partial charge in [-0.05, 0) is 56.7 Å². The second-order valence-corrected chi connectivity index (χ2v) is 6.73. The van der Waals surface area contributed by atoms with Crippen molar-refractivity contribution < 1.29 is 14.3 Å². The summed E-state index contributed by atoms with van der Waals surface area (Å²) in [4.78, 5) is 11.5. The van der Waals surface area contributed by atoms with E-state index in [-0.39, 0.29) is 0 Å². The van der Waals surface area contributed by atoms with Crippen LogP contribution in [0.25, 0.3) is 0 Å². The zero-order valence-electron chi connectivity index (χ0n) is 14.5. The largest absolute Gasteiger partial charge is 0.489 e. The number of nitrogens with zero attached hydrogens (tertiary/aromatic N) is 1. The van der Waals surface area contributed by atoms with Crippen LogP contribution in [0.15, 0.2) is 53.6 Å². The van der Waals surface area contributed by atoms with Crippen molar-refractivity contribution in [3.8, 4) is 5.75 Å². The number of amides is 1. The first kappa shape index (κ1) is 18.8. The minimum atomic E-state index is -0.594. The molecule has 0 unspecified atom stereocenters. The molecule has 0 aliphatic carbocycles. The molecule has 6 heteroatoms. The molecular weight excluding hydrogens is 340 g/mol. The van der Waals surface area contributed by atoms with Crippen molar-refractivity contribution in [2.24, 2.45) is 5.10 Å². The molecule has 0 bridgehead atoms. The number of halogens is 1. The smallest absolute Gasteiger partial charge is 0.428 e. The summed E-state index contributed by atoms with van der Waals surface area (Å²) < 4.78 is 10.8. The Kier molecular flexibility index (Phi) is 6.42. The van der Waals surface area contributed by atoms with E-state index >= 15 is 0 Å². The maximum atomic E-state index is 11.5. The van der Waals surface area contributed by atoms with Gasteiger partial charge in [0.05, 0.1) is 6.21 Å². The molecular formula is C19H21ClN2O3. The molecule has 2 rings (SSSR count). The van der Waals surface area contributed by atoms with Crippen molar-refractivity contribution in [2.45, 2.75) is 33.0 Å².